The van der Waals surface area contributed by atoms with Gasteiger partial charge in [0.15, 0.2) is 5.92 Å². The van der Waals surface area contributed by atoms with Gasteiger partial charge in [-0.15, -0.1) is 0 Å². The number of carboxylic acids is 1. The Bertz CT molecular complexity index is 1060. The second kappa shape index (κ2) is 8.00. The summed E-state index contributed by atoms with van der Waals surface area (Å²) in [6.07, 6.45) is 0. The fourth-order valence-corrected chi connectivity index (χ4v) is 4.02. The quantitative estimate of drug-likeness (QED) is 0.430. The monoisotopic (exact) mass is 403 g/mol. The number of hydrogen-bond donors (Lipinski definition) is 3. The van der Waals surface area contributed by atoms with E-state index < -0.39 is 23.9 Å². The van der Waals surface area contributed by atoms with E-state index in [-0.39, 0.29) is 18.3 Å². The number of carbonyl (C=O) groups is 2. The zero-order valence-corrected chi connectivity index (χ0v) is 16.1. The molecule has 0 fully saturated rings. The third kappa shape index (κ3) is 3.53. The normalized spacial score (nSPS) is 14.4. The van der Waals surface area contributed by atoms with Crippen LogP contribution in [0.3, 0.4) is 0 Å². The smallest absolute Gasteiger partial charge is 0.322 e. The average molecular weight is 403 g/mol. The van der Waals surface area contributed by atoms with Crippen molar-refractivity contribution >= 4 is 11.9 Å². The Kier molecular flexibility index (Phi) is 5.25. The first-order chi connectivity index (χ1) is 14.5. The molecule has 2 atom stereocenters. The van der Waals surface area contributed by atoms with Gasteiger partial charge in [0.2, 0.25) is 0 Å². The van der Waals surface area contributed by atoms with Crippen LogP contribution >= 0.6 is 0 Å². The molecule has 152 valence electrons. The van der Waals surface area contributed by atoms with E-state index in [4.69, 9.17) is 10.5 Å². The van der Waals surface area contributed by atoms with Crippen LogP contribution in [0.15, 0.2) is 72.8 Å². The van der Waals surface area contributed by atoms with Crippen LogP contribution in [0.1, 0.15) is 28.7 Å². The van der Waals surface area contributed by atoms with Gasteiger partial charge in [0.1, 0.15) is 12.4 Å². The van der Waals surface area contributed by atoms with E-state index in [2.05, 4.69) is 0 Å². The number of rotatable bonds is 6. The van der Waals surface area contributed by atoms with Crippen molar-refractivity contribution in [3.63, 3.8) is 0 Å². The van der Waals surface area contributed by atoms with Crippen LogP contribution in [0.4, 0.5) is 0 Å². The molecule has 1 aliphatic carbocycles. The number of carbonyl (C=O) groups excluding carboxylic acids is 1. The van der Waals surface area contributed by atoms with Crippen molar-refractivity contribution in [2.45, 2.75) is 12.0 Å². The minimum absolute atomic E-state index is 0.0173. The summed E-state index contributed by atoms with van der Waals surface area (Å²) in [7, 11) is 0. The van der Waals surface area contributed by atoms with Gasteiger partial charge in [0.05, 0.1) is 6.04 Å². The summed E-state index contributed by atoms with van der Waals surface area (Å²) in [5, 5.41) is 19.2. The molecular weight excluding hydrogens is 382 g/mol. The maximum Gasteiger partial charge on any atom is 0.322 e. The third-order valence-corrected chi connectivity index (χ3v) is 5.49. The van der Waals surface area contributed by atoms with E-state index in [1.165, 1.54) is 12.1 Å². The highest BCUT2D eigenvalue weighted by molar-refractivity contribution is 5.95. The molecule has 1 aliphatic rings. The van der Waals surface area contributed by atoms with Gasteiger partial charge in [0.25, 0.3) is 0 Å². The van der Waals surface area contributed by atoms with Crippen molar-refractivity contribution in [2.75, 3.05) is 6.61 Å². The minimum Gasteiger partial charge on any atom is -0.508 e. The molecule has 6 heteroatoms. The molecule has 4 N–H and O–H groups in total. The molecule has 0 amide bonds. The lowest BCUT2D eigenvalue weighted by Crippen LogP contribution is -2.36. The van der Waals surface area contributed by atoms with Crippen molar-refractivity contribution in [3.8, 4) is 16.9 Å². The van der Waals surface area contributed by atoms with Crippen molar-refractivity contribution < 1.29 is 24.5 Å². The third-order valence-electron chi connectivity index (χ3n) is 5.49. The number of aliphatic carboxylic acids is 1. The Morgan fingerprint density at radius 1 is 0.933 bits per heavy atom. The number of carboxylic acid groups (broad SMARTS) is 1. The molecule has 0 heterocycles. The fraction of sp³-hybridized carbons (Fsp3) is 0.167. The fourth-order valence-electron chi connectivity index (χ4n) is 4.02. The highest BCUT2D eigenvalue weighted by atomic mass is 16.5. The molecule has 0 bridgehead atoms. The Balaban J connectivity index is 1.55. The first-order valence-corrected chi connectivity index (χ1v) is 9.59. The molecule has 0 aromatic heterocycles. The van der Waals surface area contributed by atoms with Crippen LogP contribution in [-0.4, -0.2) is 28.8 Å². The molecule has 0 saturated carbocycles. The van der Waals surface area contributed by atoms with Gasteiger partial charge in [-0.2, -0.15) is 0 Å². The summed E-state index contributed by atoms with van der Waals surface area (Å²) in [6.45, 7) is 0.0173. The summed E-state index contributed by atoms with van der Waals surface area (Å²) in [6, 6.07) is 20.5. The van der Waals surface area contributed by atoms with Gasteiger partial charge >= 0.3 is 11.9 Å². The van der Waals surface area contributed by atoms with Crippen molar-refractivity contribution in [3.05, 3.63) is 89.5 Å². The molecule has 3 aromatic rings. The number of aromatic hydroxyl groups is 1. The zero-order chi connectivity index (χ0) is 21.3. The number of phenols is 1. The van der Waals surface area contributed by atoms with E-state index in [0.717, 1.165) is 22.3 Å². The topological polar surface area (TPSA) is 110 Å². The molecule has 0 aliphatic heterocycles. The van der Waals surface area contributed by atoms with Crippen LogP contribution in [0.2, 0.25) is 0 Å². The summed E-state index contributed by atoms with van der Waals surface area (Å²) in [5.74, 6) is -4.09. The molecule has 0 saturated heterocycles. The Morgan fingerprint density at radius 2 is 1.53 bits per heavy atom. The lowest BCUT2D eigenvalue weighted by atomic mass is 9.93. The number of nitrogens with two attached hydrogens (primary N) is 1. The van der Waals surface area contributed by atoms with E-state index in [9.17, 15) is 19.8 Å². The van der Waals surface area contributed by atoms with Crippen LogP contribution in [0.5, 0.6) is 5.75 Å². The average Bonchev–Trinajstić information content (AvgIpc) is 3.06. The second-order valence-corrected chi connectivity index (χ2v) is 7.29. The van der Waals surface area contributed by atoms with E-state index >= 15 is 0 Å². The lowest BCUT2D eigenvalue weighted by Gasteiger charge is -2.21. The minimum atomic E-state index is -1.58. The predicted octanol–water partition coefficient (Wildman–Crippen LogP) is 3.45. The second-order valence-electron chi connectivity index (χ2n) is 7.29. The zero-order valence-electron chi connectivity index (χ0n) is 16.1. The Labute approximate surface area is 173 Å². The van der Waals surface area contributed by atoms with Gasteiger partial charge in [-0.05, 0) is 39.9 Å². The van der Waals surface area contributed by atoms with Crippen LogP contribution < -0.4 is 5.73 Å². The van der Waals surface area contributed by atoms with Crippen molar-refractivity contribution in [1.82, 2.24) is 0 Å². The summed E-state index contributed by atoms with van der Waals surface area (Å²) in [5.41, 5.74) is 10.6. The largest absolute Gasteiger partial charge is 0.508 e. The first kappa shape index (κ1) is 19.7. The van der Waals surface area contributed by atoms with Crippen LogP contribution in [0.25, 0.3) is 11.1 Å². The Hall–Kier alpha value is -3.64. The standard InChI is InChI=1S/C24H21NO5/c25-22(14-6-5-7-15(26)12-14)21(23(27)28)24(29)30-13-20-18-10-3-1-8-16(18)17-9-2-4-11-19(17)20/h1-12,20-22,26H,13,25H2,(H,27,28). The van der Waals surface area contributed by atoms with E-state index in [1.807, 2.05) is 48.5 Å². The number of ether oxygens (including phenoxy) is 1. The molecular formula is C24H21NO5. The number of phenolic OH excluding ortho intramolecular Hbond substituents is 1. The van der Waals surface area contributed by atoms with Crippen molar-refractivity contribution in [1.29, 1.82) is 0 Å². The van der Waals surface area contributed by atoms with E-state index in [1.54, 1.807) is 12.1 Å². The molecule has 3 aromatic carbocycles. The summed E-state index contributed by atoms with van der Waals surface area (Å²) >= 11 is 0. The molecule has 4 rings (SSSR count). The van der Waals surface area contributed by atoms with Crippen LogP contribution in [0, 0.1) is 5.92 Å². The van der Waals surface area contributed by atoms with E-state index in [0.29, 0.717) is 5.56 Å². The van der Waals surface area contributed by atoms with Gasteiger partial charge in [-0.25, -0.2) is 0 Å². The molecule has 30 heavy (non-hydrogen) atoms. The lowest BCUT2D eigenvalue weighted by molar-refractivity contribution is -0.160. The molecule has 0 radical (unpaired) electrons. The maximum atomic E-state index is 12.7. The predicted molar refractivity (Wildman–Crippen MR) is 111 cm³/mol. The summed E-state index contributed by atoms with van der Waals surface area (Å²) in [4.78, 5) is 24.5. The first-order valence-electron chi connectivity index (χ1n) is 9.59. The molecule has 6 nitrogen and oxygen atoms in total. The van der Waals surface area contributed by atoms with Crippen molar-refractivity contribution in [2.24, 2.45) is 11.7 Å². The highest BCUT2D eigenvalue weighted by Gasteiger charge is 2.37. The number of benzene rings is 3. The number of fused-ring (bicyclic) bond motifs is 3. The van der Waals surface area contributed by atoms with Crippen LogP contribution in [-0.2, 0) is 14.3 Å². The van der Waals surface area contributed by atoms with Gasteiger partial charge in [-0.3, -0.25) is 9.59 Å². The Morgan fingerprint density at radius 3 is 2.10 bits per heavy atom. The highest BCUT2D eigenvalue weighted by Crippen LogP contribution is 2.44. The maximum absolute atomic E-state index is 12.7. The van der Waals surface area contributed by atoms with Gasteiger partial charge in [0, 0.05) is 5.92 Å². The number of hydrogen-bond acceptors (Lipinski definition) is 5. The number of esters is 1. The summed E-state index contributed by atoms with van der Waals surface area (Å²) < 4.78 is 5.47. The SMILES string of the molecule is NC(c1cccc(O)c1)C(C(=O)O)C(=O)OCC1c2ccccc2-c2ccccc21. The van der Waals surface area contributed by atoms with Gasteiger partial charge < -0.3 is 20.7 Å². The molecule has 2 unspecified atom stereocenters. The van der Waals surface area contributed by atoms with Gasteiger partial charge in [-0.1, -0.05) is 60.7 Å². The molecule has 0 spiro atoms.